The molecule has 0 aliphatic carbocycles. The van der Waals surface area contributed by atoms with Crippen molar-refractivity contribution in [3.05, 3.63) is 48.3 Å². The number of benzene rings is 2. The van der Waals surface area contributed by atoms with Crippen molar-refractivity contribution < 1.29 is 18.7 Å². The van der Waals surface area contributed by atoms with Crippen LogP contribution in [0.25, 0.3) is 10.2 Å². The van der Waals surface area contributed by atoms with Gasteiger partial charge in [0.25, 0.3) is 5.91 Å². The summed E-state index contributed by atoms with van der Waals surface area (Å²) in [7, 11) is 5.50. The number of carbonyl (C=O) groups excluding carboxylic acids is 1. The minimum absolute atomic E-state index is 0. The summed E-state index contributed by atoms with van der Waals surface area (Å²) in [5, 5.41) is 0.609. The molecular weight excluding hydrogens is 417 g/mol. The maximum Gasteiger partial charge on any atom is 0.266 e. The van der Waals surface area contributed by atoms with Gasteiger partial charge in [-0.15, -0.1) is 12.4 Å². The number of aromatic nitrogens is 1. The molecule has 1 aromatic heterocycles. The van der Waals surface area contributed by atoms with Crippen LogP contribution < -0.4 is 14.4 Å². The smallest absolute Gasteiger partial charge is 0.266 e. The minimum Gasteiger partial charge on any atom is -0.497 e. The quantitative estimate of drug-likeness (QED) is 0.533. The Morgan fingerprint density at radius 2 is 1.79 bits per heavy atom. The van der Waals surface area contributed by atoms with Crippen molar-refractivity contribution in [3.8, 4) is 11.5 Å². The van der Waals surface area contributed by atoms with Crippen molar-refractivity contribution in [3.63, 3.8) is 0 Å². The van der Waals surface area contributed by atoms with Crippen LogP contribution in [0.4, 0.5) is 9.52 Å². The lowest BCUT2D eigenvalue weighted by atomic mass is 10.3. The number of likely N-dealkylation sites (N-methyl/N-ethyl adjacent to an activating group) is 1. The third kappa shape index (κ3) is 6.03. The molecule has 0 atom stereocenters. The molecule has 9 heteroatoms. The highest BCUT2D eigenvalue weighted by molar-refractivity contribution is 7.22. The van der Waals surface area contributed by atoms with E-state index in [-0.39, 0.29) is 30.7 Å². The van der Waals surface area contributed by atoms with E-state index < -0.39 is 0 Å². The molecule has 0 saturated carbocycles. The second kappa shape index (κ2) is 10.4. The van der Waals surface area contributed by atoms with E-state index in [1.807, 2.05) is 37.2 Å². The molecule has 2 aromatic carbocycles. The van der Waals surface area contributed by atoms with Crippen LogP contribution in [-0.4, -0.2) is 56.7 Å². The maximum atomic E-state index is 13.0. The van der Waals surface area contributed by atoms with E-state index in [4.69, 9.17) is 9.47 Å². The van der Waals surface area contributed by atoms with Crippen molar-refractivity contribution in [1.82, 2.24) is 9.88 Å². The number of methoxy groups -OCH3 is 1. The summed E-state index contributed by atoms with van der Waals surface area (Å²) in [5.74, 6) is 0.623. The molecule has 3 rings (SSSR count). The van der Waals surface area contributed by atoms with Crippen molar-refractivity contribution in [2.75, 3.05) is 45.8 Å². The number of hydrogen-bond acceptors (Lipinski definition) is 6. The zero-order valence-corrected chi connectivity index (χ0v) is 18.1. The number of anilines is 1. The van der Waals surface area contributed by atoms with Crippen molar-refractivity contribution >= 4 is 45.0 Å². The van der Waals surface area contributed by atoms with E-state index in [0.29, 0.717) is 24.0 Å². The molecular formula is C20H23ClFN3O3S. The number of nitrogens with zero attached hydrogens (tertiary/aromatic N) is 3. The number of hydrogen-bond donors (Lipinski definition) is 0. The van der Waals surface area contributed by atoms with Crippen LogP contribution in [0.1, 0.15) is 0 Å². The summed E-state index contributed by atoms with van der Waals surface area (Å²) in [6.45, 7) is 1.01. The van der Waals surface area contributed by atoms with Gasteiger partial charge in [-0.1, -0.05) is 11.3 Å². The second-order valence-corrected chi connectivity index (χ2v) is 7.43. The average Bonchev–Trinajstić information content (AvgIpc) is 3.10. The van der Waals surface area contributed by atoms with Gasteiger partial charge in [-0.3, -0.25) is 9.69 Å². The van der Waals surface area contributed by atoms with E-state index in [9.17, 15) is 9.18 Å². The van der Waals surface area contributed by atoms with E-state index in [1.54, 1.807) is 12.0 Å². The SMILES string of the molecule is COc1ccc2nc(N(CCN(C)C)C(=O)COc3ccc(F)cc3)sc2c1.Cl. The topological polar surface area (TPSA) is 54.9 Å². The molecule has 156 valence electrons. The predicted molar refractivity (Wildman–Crippen MR) is 116 cm³/mol. The summed E-state index contributed by atoms with van der Waals surface area (Å²) >= 11 is 1.43. The minimum atomic E-state index is -0.351. The Balaban J connectivity index is 0.00000300. The van der Waals surface area contributed by atoms with Crippen LogP contribution in [0.5, 0.6) is 11.5 Å². The van der Waals surface area contributed by atoms with Gasteiger partial charge in [0, 0.05) is 13.1 Å². The van der Waals surface area contributed by atoms with Crippen LogP contribution >= 0.6 is 23.7 Å². The normalized spacial score (nSPS) is 10.7. The lowest BCUT2D eigenvalue weighted by Crippen LogP contribution is -2.39. The Labute approximate surface area is 179 Å². The lowest BCUT2D eigenvalue weighted by molar-refractivity contribution is -0.120. The van der Waals surface area contributed by atoms with Crippen LogP contribution in [0, 0.1) is 5.82 Å². The largest absolute Gasteiger partial charge is 0.497 e. The molecule has 0 spiro atoms. The molecule has 1 amide bonds. The monoisotopic (exact) mass is 439 g/mol. The number of fused-ring (bicyclic) bond motifs is 1. The first kappa shape index (κ1) is 22.9. The Morgan fingerprint density at radius 1 is 1.10 bits per heavy atom. The average molecular weight is 440 g/mol. The Kier molecular flexibility index (Phi) is 8.19. The number of amides is 1. The Morgan fingerprint density at radius 3 is 2.45 bits per heavy atom. The highest BCUT2D eigenvalue weighted by Gasteiger charge is 2.20. The van der Waals surface area contributed by atoms with Crippen LogP contribution in [0.15, 0.2) is 42.5 Å². The molecule has 0 bridgehead atoms. The summed E-state index contributed by atoms with van der Waals surface area (Å²) in [6.07, 6.45) is 0. The van der Waals surface area contributed by atoms with Gasteiger partial charge in [0.05, 0.1) is 17.3 Å². The number of rotatable bonds is 8. The Hall–Kier alpha value is -2.42. The third-order valence-corrected chi connectivity index (χ3v) is 5.10. The lowest BCUT2D eigenvalue weighted by Gasteiger charge is -2.22. The first-order valence-corrected chi connectivity index (χ1v) is 9.56. The van der Waals surface area contributed by atoms with Gasteiger partial charge in [0.1, 0.15) is 17.3 Å². The predicted octanol–water partition coefficient (Wildman–Crippen LogP) is 3.84. The highest BCUT2D eigenvalue weighted by Crippen LogP contribution is 2.31. The molecule has 6 nitrogen and oxygen atoms in total. The molecule has 0 radical (unpaired) electrons. The summed E-state index contributed by atoms with van der Waals surface area (Å²) in [5.41, 5.74) is 0.808. The summed E-state index contributed by atoms with van der Waals surface area (Å²) < 4.78 is 24.7. The number of thiazole rings is 1. The molecule has 3 aromatic rings. The van der Waals surface area contributed by atoms with Crippen LogP contribution in [-0.2, 0) is 4.79 Å². The molecule has 0 N–H and O–H groups in total. The second-order valence-electron chi connectivity index (χ2n) is 6.42. The Bertz CT molecular complexity index is 950. The maximum absolute atomic E-state index is 13.0. The first-order valence-electron chi connectivity index (χ1n) is 8.74. The van der Waals surface area contributed by atoms with Gasteiger partial charge < -0.3 is 14.4 Å². The fourth-order valence-corrected chi connectivity index (χ4v) is 3.55. The molecule has 29 heavy (non-hydrogen) atoms. The zero-order chi connectivity index (χ0) is 20.1. The van der Waals surface area contributed by atoms with E-state index in [0.717, 1.165) is 16.0 Å². The molecule has 0 saturated heterocycles. The van der Waals surface area contributed by atoms with Gasteiger partial charge >= 0.3 is 0 Å². The fraction of sp³-hybridized carbons (Fsp3) is 0.300. The number of ether oxygens (including phenoxy) is 2. The zero-order valence-electron chi connectivity index (χ0n) is 16.4. The van der Waals surface area contributed by atoms with Gasteiger partial charge in [-0.25, -0.2) is 9.37 Å². The fourth-order valence-electron chi connectivity index (χ4n) is 2.52. The molecule has 1 heterocycles. The first-order chi connectivity index (χ1) is 13.5. The standard InChI is InChI=1S/C20H22FN3O3S.ClH/c1-23(2)10-11-24(19(25)13-27-15-6-4-14(21)5-7-15)20-22-17-9-8-16(26-3)12-18(17)28-20;/h4-9,12H,10-11,13H2,1-3H3;1H. The van der Waals surface area contributed by atoms with Crippen LogP contribution in [0.2, 0.25) is 0 Å². The molecule has 0 aliphatic rings. The number of halogens is 2. The molecule has 0 unspecified atom stereocenters. The molecule has 0 fully saturated rings. The van der Waals surface area contributed by atoms with E-state index in [2.05, 4.69) is 4.98 Å². The summed E-state index contributed by atoms with van der Waals surface area (Å²) in [4.78, 5) is 21.1. The van der Waals surface area contributed by atoms with Crippen molar-refractivity contribution in [1.29, 1.82) is 0 Å². The van der Waals surface area contributed by atoms with E-state index in [1.165, 1.54) is 35.6 Å². The molecule has 0 aliphatic heterocycles. The van der Waals surface area contributed by atoms with Gasteiger partial charge in [-0.2, -0.15) is 0 Å². The highest BCUT2D eigenvalue weighted by atomic mass is 35.5. The number of carbonyl (C=O) groups is 1. The van der Waals surface area contributed by atoms with Gasteiger partial charge in [0.15, 0.2) is 11.7 Å². The van der Waals surface area contributed by atoms with Gasteiger partial charge in [-0.05, 0) is 56.6 Å². The van der Waals surface area contributed by atoms with Gasteiger partial charge in [0.2, 0.25) is 0 Å². The van der Waals surface area contributed by atoms with Crippen molar-refractivity contribution in [2.24, 2.45) is 0 Å². The third-order valence-electron chi connectivity index (χ3n) is 4.06. The van der Waals surface area contributed by atoms with E-state index >= 15 is 0 Å². The summed E-state index contributed by atoms with van der Waals surface area (Å²) in [6, 6.07) is 11.2. The van der Waals surface area contributed by atoms with Crippen LogP contribution in [0.3, 0.4) is 0 Å². The van der Waals surface area contributed by atoms with Crippen molar-refractivity contribution in [2.45, 2.75) is 0 Å².